The summed E-state index contributed by atoms with van der Waals surface area (Å²) in [6.07, 6.45) is -1.21. The molecule has 1 aromatic carbocycles. The molecule has 1 aromatic rings. The summed E-state index contributed by atoms with van der Waals surface area (Å²) >= 11 is 0. The van der Waals surface area contributed by atoms with Gasteiger partial charge in [0.2, 0.25) is 12.0 Å². The molecule has 0 saturated heterocycles. The van der Waals surface area contributed by atoms with Gasteiger partial charge in [-0.15, -0.1) is 5.11 Å². The number of aliphatic hydroxyl groups is 1. The molecule has 0 bridgehead atoms. The normalized spacial score (nSPS) is 12.3. The molecular weight excluding hydrogens is 308 g/mol. The van der Waals surface area contributed by atoms with Crippen LogP contribution in [0.15, 0.2) is 46.0 Å². The van der Waals surface area contributed by atoms with Crippen molar-refractivity contribution >= 4 is 17.6 Å². The maximum absolute atomic E-state index is 11.7. The molecule has 9 nitrogen and oxygen atoms in total. The smallest absolute Gasteiger partial charge is 0.362 e. The number of carbonyl (C=O) groups excluding carboxylic acids is 1. The first kappa shape index (κ1) is 18.3. The van der Waals surface area contributed by atoms with Crippen LogP contribution in [0.25, 0.3) is 0 Å². The fraction of sp³-hybridized carbons (Fsp3) is 0.286. The Morgan fingerprint density at radius 2 is 1.61 bits per heavy atom. The van der Waals surface area contributed by atoms with Gasteiger partial charge in [0, 0.05) is 14.2 Å². The molecule has 0 spiro atoms. The van der Waals surface area contributed by atoms with Crippen LogP contribution in [0.3, 0.4) is 0 Å². The average Bonchev–Trinajstić information content (AvgIpc) is 2.56. The minimum absolute atomic E-state index is 0.0781. The molecular formula is C14H16N2O7. The zero-order valence-electron chi connectivity index (χ0n) is 12.7. The summed E-state index contributed by atoms with van der Waals surface area (Å²) in [5.41, 5.74) is -0.145. The van der Waals surface area contributed by atoms with Gasteiger partial charge in [-0.05, 0) is 24.3 Å². The summed E-state index contributed by atoms with van der Waals surface area (Å²) in [4.78, 5) is 22.4. The van der Waals surface area contributed by atoms with E-state index >= 15 is 0 Å². The molecule has 9 heteroatoms. The number of aromatic carboxylic acids is 1. The van der Waals surface area contributed by atoms with Gasteiger partial charge in [0.15, 0.2) is 5.76 Å². The van der Waals surface area contributed by atoms with E-state index in [0.717, 1.165) is 7.11 Å². The molecule has 0 aliphatic carbocycles. The van der Waals surface area contributed by atoms with Crippen molar-refractivity contribution in [3.05, 3.63) is 41.3 Å². The number of carboxylic acids is 1. The van der Waals surface area contributed by atoms with Crippen molar-refractivity contribution in [2.75, 3.05) is 21.3 Å². The molecule has 0 aromatic heterocycles. The molecule has 23 heavy (non-hydrogen) atoms. The average molecular weight is 324 g/mol. The van der Waals surface area contributed by atoms with Gasteiger partial charge >= 0.3 is 11.9 Å². The third-order valence-corrected chi connectivity index (χ3v) is 2.65. The Balaban J connectivity index is 3.12. The van der Waals surface area contributed by atoms with Crippen LogP contribution in [0.2, 0.25) is 0 Å². The van der Waals surface area contributed by atoms with Gasteiger partial charge in [-0.2, -0.15) is 5.11 Å². The standard InChI is InChI=1S/C14H16N2O7/c1-21-13(20)10(11(17)14(22-2)23-3)16-15-9-6-4-8(5-7-9)12(18)19/h4-7,14,17H,1-3H3,(H,18,19). The molecule has 1 rings (SSSR count). The number of azo groups is 1. The van der Waals surface area contributed by atoms with Crippen LogP contribution in [0.4, 0.5) is 5.69 Å². The summed E-state index contributed by atoms with van der Waals surface area (Å²) in [6, 6.07) is 5.43. The zero-order valence-corrected chi connectivity index (χ0v) is 12.7. The number of rotatable bonds is 7. The van der Waals surface area contributed by atoms with Crippen LogP contribution < -0.4 is 0 Å². The van der Waals surface area contributed by atoms with Gasteiger partial charge < -0.3 is 24.4 Å². The number of nitrogens with zero attached hydrogens (tertiary/aromatic N) is 2. The quantitative estimate of drug-likeness (QED) is 0.258. The molecule has 124 valence electrons. The minimum Gasteiger partial charge on any atom is -0.505 e. The summed E-state index contributed by atoms with van der Waals surface area (Å²) in [6.45, 7) is 0. The van der Waals surface area contributed by atoms with Crippen molar-refractivity contribution in [2.45, 2.75) is 6.29 Å². The first-order valence-corrected chi connectivity index (χ1v) is 6.26. The Hall–Kier alpha value is -2.78. The van der Waals surface area contributed by atoms with E-state index in [-0.39, 0.29) is 11.3 Å². The van der Waals surface area contributed by atoms with Crippen molar-refractivity contribution in [2.24, 2.45) is 10.2 Å². The number of ether oxygens (including phenoxy) is 3. The molecule has 0 fully saturated rings. The van der Waals surface area contributed by atoms with E-state index in [1.54, 1.807) is 0 Å². The summed E-state index contributed by atoms with van der Waals surface area (Å²) in [5, 5.41) is 26.1. The van der Waals surface area contributed by atoms with Gasteiger partial charge in [-0.1, -0.05) is 0 Å². The van der Waals surface area contributed by atoms with Crippen molar-refractivity contribution in [1.82, 2.24) is 0 Å². The van der Waals surface area contributed by atoms with E-state index in [1.807, 2.05) is 0 Å². The van der Waals surface area contributed by atoms with E-state index in [1.165, 1.54) is 38.5 Å². The van der Waals surface area contributed by atoms with Crippen molar-refractivity contribution in [3.63, 3.8) is 0 Å². The second-order valence-corrected chi connectivity index (χ2v) is 4.08. The number of carbonyl (C=O) groups is 2. The van der Waals surface area contributed by atoms with Crippen LogP contribution >= 0.6 is 0 Å². The predicted molar refractivity (Wildman–Crippen MR) is 77.4 cm³/mol. The number of hydrogen-bond donors (Lipinski definition) is 2. The molecule has 0 atom stereocenters. The maximum atomic E-state index is 11.7. The monoisotopic (exact) mass is 324 g/mol. The van der Waals surface area contributed by atoms with Crippen molar-refractivity contribution < 1.29 is 34.0 Å². The Morgan fingerprint density at radius 1 is 1.04 bits per heavy atom. The lowest BCUT2D eigenvalue weighted by Gasteiger charge is -2.13. The van der Waals surface area contributed by atoms with E-state index < -0.39 is 29.7 Å². The molecule has 0 unspecified atom stereocenters. The molecule has 2 N–H and O–H groups in total. The SMILES string of the molecule is COC(=O)C(N=Nc1ccc(C(=O)O)cc1)=C(O)C(OC)OC. The van der Waals surface area contributed by atoms with E-state index in [4.69, 9.17) is 14.6 Å². The molecule has 0 heterocycles. The highest BCUT2D eigenvalue weighted by Gasteiger charge is 2.23. The highest BCUT2D eigenvalue weighted by Crippen LogP contribution is 2.18. The third kappa shape index (κ3) is 4.87. The highest BCUT2D eigenvalue weighted by molar-refractivity contribution is 5.88. The lowest BCUT2D eigenvalue weighted by atomic mass is 10.2. The van der Waals surface area contributed by atoms with Gasteiger partial charge in [-0.3, -0.25) is 0 Å². The largest absolute Gasteiger partial charge is 0.505 e. The molecule has 0 saturated carbocycles. The van der Waals surface area contributed by atoms with Crippen LogP contribution in [-0.2, 0) is 19.0 Å². The molecule has 0 aliphatic heterocycles. The van der Waals surface area contributed by atoms with Gasteiger partial charge in [0.1, 0.15) is 0 Å². The number of benzene rings is 1. The van der Waals surface area contributed by atoms with Gasteiger partial charge in [0.05, 0.1) is 18.4 Å². The third-order valence-electron chi connectivity index (χ3n) is 2.65. The predicted octanol–water partition coefficient (Wildman–Crippen LogP) is 2.03. The van der Waals surface area contributed by atoms with Crippen molar-refractivity contribution in [3.8, 4) is 0 Å². The van der Waals surface area contributed by atoms with E-state index in [9.17, 15) is 14.7 Å². The van der Waals surface area contributed by atoms with Gasteiger partial charge in [-0.25, -0.2) is 9.59 Å². The fourth-order valence-corrected chi connectivity index (χ4v) is 1.50. The second-order valence-electron chi connectivity index (χ2n) is 4.08. The maximum Gasteiger partial charge on any atom is 0.362 e. The number of methoxy groups -OCH3 is 3. The van der Waals surface area contributed by atoms with E-state index in [2.05, 4.69) is 15.0 Å². The van der Waals surface area contributed by atoms with Crippen LogP contribution in [0, 0.1) is 0 Å². The Kier molecular flexibility index (Phi) is 6.84. The van der Waals surface area contributed by atoms with Crippen molar-refractivity contribution in [1.29, 1.82) is 0 Å². The topological polar surface area (TPSA) is 127 Å². The van der Waals surface area contributed by atoms with Crippen LogP contribution in [-0.4, -0.2) is 49.8 Å². The molecule has 0 amide bonds. The zero-order chi connectivity index (χ0) is 17.4. The molecule has 0 radical (unpaired) electrons. The highest BCUT2D eigenvalue weighted by atomic mass is 16.7. The first-order chi connectivity index (χ1) is 10.9. The summed E-state index contributed by atoms with van der Waals surface area (Å²) < 4.78 is 14.2. The lowest BCUT2D eigenvalue weighted by molar-refractivity contribution is -0.137. The lowest BCUT2D eigenvalue weighted by Crippen LogP contribution is -2.20. The number of hydrogen-bond acceptors (Lipinski definition) is 8. The number of carboxylic acid groups (broad SMARTS) is 1. The van der Waals surface area contributed by atoms with Gasteiger partial charge in [0.25, 0.3) is 0 Å². The number of esters is 1. The first-order valence-electron chi connectivity index (χ1n) is 6.26. The van der Waals surface area contributed by atoms with Crippen LogP contribution in [0.5, 0.6) is 0 Å². The van der Waals surface area contributed by atoms with Crippen LogP contribution in [0.1, 0.15) is 10.4 Å². The summed E-state index contributed by atoms with van der Waals surface area (Å²) in [7, 11) is 3.64. The summed E-state index contributed by atoms with van der Waals surface area (Å²) in [5.74, 6) is -2.62. The molecule has 0 aliphatic rings. The minimum atomic E-state index is -1.21. The Bertz CT molecular complexity index is 619. The van der Waals surface area contributed by atoms with E-state index in [0.29, 0.717) is 0 Å². The Labute approximate surface area is 131 Å². The number of aliphatic hydroxyl groups excluding tert-OH is 1. The second kappa shape index (κ2) is 8.61. The Morgan fingerprint density at radius 3 is 2.04 bits per heavy atom. The fourth-order valence-electron chi connectivity index (χ4n) is 1.50.